The Bertz CT molecular complexity index is 326. The van der Waals surface area contributed by atoms with Crippen molar-refractivity contribution in [1.82, 2.24) is 5.32 Å². The Balaban J connectivity index is 2.03. The van der Waals surface area contributed by atoms with Crippen LogP contribution in [-0.2, 0) is 17.2 Å². The van der Waals surface area contributed by atoms with Crippen molar-refractivity contribution < 1.29 is 4.21 Å². The smallest absolute Gasteiger partial charge is 0.0383 e. The Morgan fingerprint density at radius 2 is 1.94 bits per heavy atom. The average molecular weight is 253 g/mol. The van der Waals surface area contributed by atoms with Crippen molar-refractivity contribution in [2.75, 3.05) is 18.6 Å². The highest BCUT2D eigenvalue weighted by Gasteiger charge is 2.02. The van der Waals surface area contributed by atoms with E-state index < -0.39 is 10.8 Å². The molecule has 0 aliphatic rings. The highest BCUT2D eigenvalue weighted by molar-refractivity contribution is 7.84. The van der Waals surface area contributed by atoms with Gasteiger partial charge in [0.05, 0.1) is 0 Å². The summed E-state index contributed by atoms with van der Waals surface area (Å²) < 4.78 is 11.0. The maximum Gasteiger partial charge on any atom is 0.0383 e. The van der Waals surface area contributed by atoms with Crippen LogP contribution in [0.2, 0.25) is 0 Å². The maximum absolute atomic E-state index is 11.0. The predicted molar refractivity (Wildman–Crippen MR) is 75.8 cm³/mol. The lowest BCUT2D eigenvalue weighted by molar-refractivity contribution is 0.558. The van der Waals surface area contributed by atoms with Gasteiger partial charge in [-0.15, -0.1) is 0 Å². The van der Waals surface area contributed by atoms with E-state index >= 15 is 0 Å². The van der Waals surface area contributed by atoms with Crippen molar-refractivity contribution in [3.8, 4) is 0 Å². The summed E-state index contributed by atoms with van der Waals surface area (Å²) in [6.07, 6.45) is 5.29. The second kappa shape index (κ2) is 8.43. The van der Waals surface area contributed by atoms with Crippen LogP contribution in [0.1, 0.15) is 25.3 Å². The van der Waals surface area contributed by atoms with Crippen LogP contribution in [0.15, 0.2) is 30.3 Å². The van der Waals surface area contributed by atoms with Gasteiger partial charge < -0.3 is 5.32 Å². The summed E-state index contributed by atoms with van der Waals surface area (Å²) >= 11 is 0. The second-order valence-corrected chi connectivity index (χ2v) is 6.02. The van der Waals surface area contributed by atoms with Gasteiger partial charge in [0.15, 0.2) is 0 Å². The van der Waals surface area contributed by atoms with Gasteiger partial charge in [0.1, 0.15) is 0 Å². The van der Waals surface area contributed by atoms with E-state index in [0.717, 1.165) is 18.7 Å². The molecular formula is C14H23NOS. The third-order valence-corrected chi connectivity index (χ3v) is 3.68. The lowest BCUT2D eigenvalue weighted by Crippen LogP contribution is -2.31. The maximum atomic E-state index is 11.0. The zero-order valence-corrected chi connectivity index (χ0v) is 11.6. The molecule has 0 saturated heterocycles. The van der Waals surface area contributed by atoms with Crippen LogP contribution in [0.4, 0.5) is 0 Å². The molecule has 0 fully saturated rings. The van der Waals surface area contributed by atoms with Crippen molar-refractivity contribution in [3.05, 3.63) is 35.9 Å². The lowest BCUT2D eigenvalue weighted by Gasteiger charge is -2.11. The number of benzene rings is 1. The highest BCUT2D eigenvalue weighted by Crippen LogP contribution is 2.03. The van der Waals surface area contributed by atoms with E-state index in [1.165, 1.54) is 18.4 Å². The van der Waals surface area contributed by atoms with E-state index in [9.17, 15) is 4.21 Å². The molecule has 1 rings (SSSR count). The summed E-state index contributed by atoms with van der Waals surface area (Å²) in [6.45, 7) is 3.11. The van der Waals surface area contributed by atoms with Crippen LogP contribution < -0.4 is 5.32 Å². The van der Waals surface area contributed by atoms with Crippen molar-refractivity contribution >= 4 is 10.8 Å². The molecule has 0 heterocycles. The van der Waals surface area contributed by atoms with E-state index in [1.54, 1.807) is 6.26 Å². The van der Waals surface area contributed by atoms with E-state index in [0.29, 0.717) is 6.04 Å². The number of unbranched alkanes of at least 4 members (excludes halogenated alkanes) is 1. The quantitative estimate of drug-likeness (QED) is 0.721. The molecule has 0 bridgehead atoms. The van der Waals surface area contributed by atoms with Gasteiger partial charge in [0.2, 0.25) is 0 Å². The van der Waals surface area contributed by atoms with Gasteiger partial charge in [0, 0.05) is 28.9 Å². The minimum Gasteiger partial charge on any atom is -0.313 e. The first kappa shape index (κ1) is 14.4. The molecule has 0 spiro atoms. The van der Waals surface area contributed by atoms with Gasteiger partial charge in [-0.25, -0.2) is 0 Å². The molecular weight excluding hydrogens is 230 g/mol. The molecule has 0 amide bonds. The molecule has 2 atom stereocenters. The minimum absolute atomic E-state index is 0.359. The van der Waals surface area contributed by atoms with Gasteiger partial charge in [-0.2, -0.15) is 0 Å². The average Bonchev–Trinajstić information content (AvgIpc) is 2.29. The van der Waals surface area contributed by atoms with E-state index in [1.807, 2.05) is 0 Å². The molecule has 2 unspecified atom stereocenters. The first-order chi connectivity index (χ1) is 8.18. The van der Waals surface area contributed by atoms with Crippen molar-refractivity contribution in [2.45, 2.75) is 32.2 Å². The molecule has 0 radical (unpaired) electrons. The van der Waals surface area contributed by atoms with Crippen LogP contribution in [0.25, 0.3) is 0 Å². The summed E-state index contributed by atoms with van der Waals surface area (Å²) in [4.78, 5) is 0. The van der Waals surface area contributed by atoms with Gasteiger partial charge in [-0.05, 0) is 38.3 Å². The highest BCUT2D eigenvalue weighted by atomic mass is 32.2. The van der Waals surface area contributed by atoms with Gasteiger partial charge in [0.25, 0.3) is 0 Å². The first-order valence-corrected chi connectivity index (χ1v) is 7.98. The van der Waals surface area contributed by atoms with E-state index in [4.69, 9.17) is 0 Å². The van der Waals surface area contributed by atoms with Gasteiger partial charge >= 0.3 is 0 Å². The Labute approximate surface area is 107 Å². The van der Waals surface area contributed by atoms with Gasteiger partial charge in [-0.1, -0.05) is 30.3 Å². The third-order valence-electron chi connectivity index (χ3n) is 2.71. The normalized spacial score (nSPS) is 14.5. The Morgan fingerprint density at radius 3 is 2.59 bits per heavy atom. The molecule has 0 saturated carbocycles. The van der Waals surface area contributed by atoms with Crippen LogP contribution in [0.3, 0.4) is 0 Å². The SMILES string of the molecule is CC(CS(C)=O)NCCCCc1ccccc1. The zero-order chi connectivity index (χ0) is 12.5. The van der Waals surface area contributed by atoms with E-state index in [-0.39, 0.29) is 0 Å². The number of hydrogen-bond donors (Lipinski definition) is 1. The number of aryl methyl sites for hydroxylation is 1. The van der Waals surface area contributed by atoms with Crippen LogP contribution in [0.5, 0.6) is 0 Å². The number of hydrogen-bond acceptors (Lipinski definition) is 2. The zero-order valence-electron chi connectivity index (χ0n) is 10.8. The Morgan fingerprint density at radius 1 is 1.24 bits per heavy atom. The van der Waals surface area contributed by atoms with Crippen LogP contribution >= 0.6 is 0 Å². The fourth-order valence-corrected chi connectivity index (χ4v) is 2.68. The Kier molecular flexibility index (Phi) is 7.13. The lowest BCUT2D eigenvalue weighted by atomic mass is 10.1. The fourth-order valence-electron chi connectivity index (χ4n) is 1.86. The summed E-state index contributed by atoms with van der Waals surface area (Å²) in [6, 6.07) is 10.9. The number of rotatable bonds is 8. The molecule has 17 heavy (non-hydrogen) atoms. The predicted octanol–water partition coefficient (Wildman–Crippen LogP) is 2.37. The van der Waals surface area contributed by atoms with Crippen LogP contribution in [0, 0.1) is 0 Å². The summed E-state index contributed by atoms with van der Waals surface area (Å²) in [5.74, 6) is 0.749. The second-order valence-electron chi connectivity index (χ2n) is 4.54. The molecule has 1 aromatic carbocycles. The number of nitrogens with one attached hydrogen (secondary N) is 1. The summed E-state index contributed by atoms with van der Waals surface area (Å²) in [5, 5.41) is 3.41. The largest absolute Gasteiger partial charge is 0.313 e. The molecule has 96 valence electrons. The van der Waals surface area contributed by atoms with E-state index in [2.05, 4.69) is 42.6 Å². The summed E-state index contributed by atoms with van der Waals surface area (Å²) in [5.41, 5.74) is 1.41. The standard InChI is InChI=1S/C14H23NOS/c1-13(12-17(2)16)15-11-7-6-10-14-8-4-3-5-9-14/h3-5,8-9,13,15H,6-7,10-12H2,1-2H3. The molecule has 0 aromatic heterocycles. The molecule has 0 aliphatic heterocycles. The first-order valence-electron chi connectivity index (χ1n) is 6.26. The third kappa shape index (κ3) is 7.29. The van der Waals surface area contributed by atoms with Crippen molar-refractivity contribution in [2.24, 2.45) is 0 Å². The Hall–Kier alpha value is -0.670. The molecule has 0 aliphatic carbocycles. The monoisotopic (exact) mass is 253 g/mol. The minimum atomic E-state index is -0.695. The van der Waals surface area contributed by atoms with Crippen LogP contribution in [-0.4, -0.2) is 28.8 Å². The topological polar surface area (TPSA) is 29.1 Å². The molecule has 1 aromatic rings. The fraction of sp³-hybridized carbons (Fsp3) is 0.571. The van der Waals surface area contributed by atoms with Gasteiger partial charge in [-0.3, -0.25) is 4.21 Å². The van der Waals surface area contributed by atoms with Crippen molar-refractivity contribution in [3.63, 3.8) is 0 Å². The summed E-state index contributed by atoms with van der Waals surface area (Å²) in [7, 11) is -0.695. The molecule has 2 nitrogen and oxygen atoms in total. The molecule has 3 heteroatoms. The van der Waals surface area contributed by atoms with Crippen molar-refractivity contribution in [1.29, 1.82) is 0 Å². The molecule has 1 N–H and O–H groups in total.